The Labute approximate surface area is 153 Å². The van der Waals surface area contributed by atoms with Crippen LogP contribution in [0.4, 0.5) is 0 Å². The van der Waals surface area contributed by atoms with Gasteiger partial charge in [-0.2, -0.15) is 0 Å². The summed E-state index contributed by atoms with van der Waals surface area (Å²) >= 11 is 0. The van der Waals surface area contributed by atoms with Gasteiger partial charge in [-0.05, 0) is 44.5 Å². The van der Waals surface area contributed by atoms with Gasteiger partial charge in [0.2, 0.25) is 0 Å². The number of carbonyl (C=O) groups excluding carboxylic acids is 2. The molecule has 1 fully saturated rings. The van der Waals surface area contributed by atoms with Gasteiger partial charge in [-0.25, -0.2) is 0 Å². The molecule has 0 radical (unpaired) electrons. The van der Waals surface area contributed by atoms with E-state index in [1.165, 1.54) is 6.26 Å². The van der Waals surface area contributed by atoms with Crippen LogP contribution in [-0.4, -0.2) is 53.9 Å². The van der Waals surface area contributed by atoms with E-state index < -0.39 is 6.10 Å². The van der Waals surface area contributed by atoms with E-state index in [9.17, 15) is 9.59 Å². The van der Waals surface area contributed by atoms with Crippen LogP contribution < -0.4 is 4.74 Å². The summed E-state index contributed by atoms with van der Waals surface area (Å²) in [6, 6.07) is 9.25. The maximum atomic E-state index is 12.7. The summed E-state index contributed by atoms with van der Waals surface area (Å²) in [5, 5.41) is 0. The van der Waals surface area contributed by atoms with Crippen molar-refractivity contribution in [2.24, 2.45) is 0 Å². The fraction of sp³-hybridized carbons (Fsp3) is 0.400. The molecule has 0 N–H and O–H groups in total. The van der Waals surface area contributed by atoms with E-state index in [4.69, 9.17) is 9.15 Å². The van der Waals surface area contributed by atoms with Crippen molar-refractivity contribution in [3.8, 4) is 5.75 Å². The monoisotopic (exact) mass is 356 g/mol. The second-order valence-electron chi connectivity index (χ2n) is 6.62. The highest BCUT2D eigenvalue weighted by molar-refractivity contribution is 5.91. The molecule has 2 aromatic rings. The molecular formula is C20H24N2O4. The molecule has 3 rings (SSSR count). The number of rotatable bonds is 4. The third-order valence-corrected chi connectivity index (χ3v) is 4.59. The Morgan fingerprint density at radius 2 is 1.77 bits per heavy atom. The smallest absolute Gasteiger partial charge is 0.289 e. The summed E-state index contributed by atoms with van der Waals surface area (Å²) in [5.41, 5.74) is 2.17. The summed E-state index contributed by atoms with van der Waals surface area (Å²) < 4.78 is 11.0. The minimum Gasteiger partial charge on any atom is -0.481 e. The Morgan fingerprint density at radius 3 is 2.38 bits per heavy atom. The average molecular weight is 356 g/mol. The fourth-order valence-corrected chi connectivity index (χ4v) is 3.12. The third kappa shape index (κ3) is 3.90. The van der Waals surface area contributed by atoms with Crippen molar-refractivity contribution in [2.45, 2.75) is 26.9 Å². The number of carbonyl (C=O) groups is 2. The standard InChI is InChI=1S/C20H24N2O4/c1-14-6-7-17(15(2)13-14)26-16(3)19(23)21-8-10-22(11-9-21)20(24)18-5-4-12-25-18/h4-7,12-13,16H,8-11H2,1-3H3/t16-/m1/s1. The molecule has 1 atom stereocenters. The van der Waals surface area contributed by atoms with Crippen LogP contribution in [0.25, 0.3) is 0 Å². The van der Waals surface area contributed by atoms with Crippen LogP contribution in [0.3, 0.4) is 0 Å². The summed E-state index contributed by atoms with van der Waals surface area (Å²) in [6.07, 6.45) is 0.919. The minimum absolute atomic E-state index is 0.0601. The number of nitrogens with zero attached hydrogens (tertiary/aromatic N) is 2. The van der Waals surface area contributed by atoms with Crippen molar-refractivity contribution in [3.05, 3.63) is 53.5 Å². The molecule has 6 nitrogen and oxygen atoms in total. The Kier molecular flexibility index (Phi) is 5.30. The molecule has 0 aliphatic carbocycles. The zero-order valence-corrected chi connectivity index (χ0v) is 15.4. The average Bonchev–Trinajstić information content (AvgIpc) is 3.17. The Hall–Kier alpha value is -2.76. The van der Waals surface area contributed by atoms with Crippen LogP contribution in [0.5, 0.6) is 5.75 Å². The quantitative estimate of drug-likeness (QED) is 0.845. The molecule has 26 heavy (non-hydrogen) atoms. The van der Waals surface area contributed by atoms with Crippen molar-refractivity contribution < 1.29 is 18.7 Å². The predicted octanol–water partition coefficient (Wildman–Crippen LogP) is 2.65. The van der Waals surface area contributed by atoms with Gasteiger partial charge in [0, 0.05) is 26.2 Å². The van der Waals surface area contributed by atoms with Gasteiger partial charge in [0.15, 0.2) is 11.9 Å². The zero-order valence-electron chi connectivity index (χ0n) is 15.4. The number of hydrogen-bond acceptors (Lipinski definition) is 4. The first-order valence-electron chi connectivity index (χ1n) is 8.81. The molecule has 1 aromatic carbocycles. The van der Waals surface area contributed by atoms with Gasteiger partial charge in [0.05, 0.1) is 6.26 Å². The molecular weight excluding hydrogens is 332 g/mol. The maximum absolute atomic E-state index is 12.7. The lowest BCUT2D eigenvalue weighted by atomic mass is 10.1. The van der Waals surface area contributed by atoms with Crippen molar-refractivity contribution in [2.75, 3.05) is 26.2 Å². The van der Waals surface area contributed by atoms with E-state index in [-0.39, 0.29) is 11.8 Å². The van der Waals surface area contributed by atoms with Crippen molar-refractivity contribution in [1.29, 1.82) is 0 Å². The SMILES string of the molecule is Cc1ccc(O[C@H](C)C(=O)N2CCN(C(=O)c3ccco3)CC2)c(C)c1. The first-order chi connectivity index (χ1) is 12.5. The molecule has 1 aliphatic rings. The highest BCUT2D eigenvalue weighted by Crippen LogP contribution is 2.21. The predicted molar refractivity (Wildman–Crippen MR) is 97.2 cm³/mol. The molecule has 2 heterocycles. The number of hydrogen-bond donors (Lipinski definition) is 0. The number of aryl methyl sites for hydroxylation is 2. The van der Waals surface area contributed by atoms with E-state index in [0.717, 1.165) is 16.9 Å². The van der Waals surface area contributed by atoms with Gasteiger partial charge in [-0.3, -0.25) is 9.59 Å². The van der Waals surface area contributed by atoms with Gasteiger partial charge < -0.3 is 19.0 Å². The lowest BCUT2D eigenvalue weighted by Gasteiger charge is -2.35. The fourth-order valence-electron chi connectivity index (χ4n) is 3.12. The van der Waals surface area contributed by atoms with Crippen molar-refractivity contribution >= 4 is 11.8 Å². The number of furan rings is 1. The Balaban J connectivity index is 1.55. The van der Waals surface area contributed by atoms with Crippen LogP contribution in [0.15, 0.2) is 41.0 Å². The topological polar surface area (TPSA) is 63.0 Å². The molecule has 1 aromatic heterocycles. The van der Waals surface area contributed by atoms with Gasteiger partial charge in [-0.1, -0.05) is 17.7 Å². The third-order valence-electron chi connectivity index (χ3n) is 4.59. The number of ether oxygens (including phenoxy) is 1. The van der Waals surface area contributed by atoms with Crippen molar-refractivity contribution in [3.63, 3.8) is 0 Å². The van der Waals surface area contributed by atoms with E-state index >= 15 is 0 Å². The van der Waals surface area contributed by atoms with Gasteiger partial charge >= 0.3 is 0 Å². The van der Waals surface area contributed by atoms with Gasteiger partial charge in [0.1, 0.15) is 5.75 Å². The van der Waals surface area contributed by atoms with Crippen LogP contribution in [-0.2, 0) is 4.79 Å². The number of piperazine rings is 1. The molecule has 1 saturated heterocycles. The van der Waals surface area contributed by atoms with E-state index in [0.29, 0.717) is 31.9 Å². The van der Waals surface area contributed by atoms with E-state index in [2.05, 4.69) is 0 Å². The van der Waals surface area contributed by atoms with E-state index in [1.807, 2.05) is 32.0 Å². The highest BCUT2D eigenvalue weighted by atomic mass is 16.5. The Bertz CT molecular complexity index is 777. The molecule has 1 aliphatic heterocycles. The van der Waals surface area contributed by atoms with Crippen LogP contribution in [0, 0.1) is 13.8 Å². The molecule has 6 heteroatoms. The second kappa shape index (κ2) is 7.64. The first kappa shape index (κ1) is 18.0. The summed E-state index contributed by atoms with van der Waals surface area (Å²) in [7, 11) is 0. The van der Waals surface area contributed by atoms with Crippen LogP contribution in [0.1, 0.15) is 28.6 Å². The molecule has 0 spiro atoms. The highest BCUT2D eigenvalue weighted by Gasteiger charge is 2.29. The molecule has 0 unspecified atom stereocenters. The summed E-state index contributed by atoms with van der Waals surface area (Å²) in [5.74, 6) is 0.858. The normalized spacial score (nSPS) is 15.7. The lowest BCUT2D eigenvalue weighted by molar-refractivity contribution is -0.139. The molecule has 138 valence electrons. The van der Waals surface area contributed by atoms with Crippen molar-refractivity contribution in [1.82, 2.24) is 9.80 Å². The van der Waals surface area contributed by atoms with Gasteiger partial charge in [-0.15, -0.1) is 0 Å². The molecule has 0 saturated carbocycles. The number of amides is 2. The minimum atomic E-state index is -0.566. The molecule has 2 amide bonds. The first-order valence-corrected chi connectivity index (χ1v) is 8.81. The zero-order chi connectivity index (χ0) is 18.7. The van der Waals surface area contributed by atoms with Crippen LogP contribution in [0.2, 0.25) is 0 Å². The second-order valence-corrected chi connectivity index (χ2v) is 6.62. The maximum Gasteiger partial charge on any atom is 0.289 e. The number of benzene rings is 1. The summed E-state index contributed by atoms with van der Waals surface area (Å²) in [6.45, 7) is 7.72. The largest absolute Gasteiger partial charge is 0.481 e. The van der Waals surface area contributed by atoms with Crippen LogP contribution >= 0.6 is 0 Å². The Morgan fingerprint density at radius 1 is 1.08 bits per heavy atom. The van der Waals surface area contributed by atoms with E-state index in [1.54, 1.807) is 28.9 Å². The lowest BCUT2D eigenvalue weighted by Crippen LogP contribution is -2.53. The molecule has 0 bridgehead atoms. The van der Waals surface area contributed by atoms with Gasteiger partial charge in [0.25, 0.3) is 11.8 Å². The summed E-state index contributed by atoms with van der Waals surface area (Å²) in [4.78, 5) is 28.4.